The third-order valence-electron chi connectivity index (χ3n) is 3.49. The first-order valence-corrected chi connectivity index (χ1v) is 8.72. The lowest BCUT2D eigenvalue weighted by atomic mass is 10.3. The highest BCUT2D eigenvalue weighted by Crippen LogP contribution is 2.18. The molecule has 8 nitrogen and oxygen atoms in total. The van der Waals surface area contributed by atoms with Gasteiger partial charge in [0.15, 0.2) is 12.3 Å². The van der Waals surface area contributed by atoms with Crippen LogP contribution in [0, 0.1) is 0 Å². The molecule has 1 N–H and O–H groups in total. The molecule has 1 aromatic carbocycles. The molecule has 0 atom stereocenters. The largest absolute Gasteiger partial charge is 0.497 e. The fraction of sp³-hybridized carbons (Fsp3) is 0.222. The molecule has 28 heavy (non-hydrogen) atoms. The molecule has 0 saturated heterocycles. The maximum atomic E-state index is 12.1. The molecule has 0 aliphatic carbocycles. The number of likely N-dealkylation sites (N-methyl/N-ethyl adjacent to an activating group) is 1. The van der Waals surface area contributed by atoms with Crippen molar-refractivity contribution in [3.63, 3.8) is 0 Å². The van der Waals surface area contributed by atoms with E-state index >= 15 is 0 Å². The maximum Gasteiger partial charge on any atom is 0.359 e. The Balaban J connectivity index is 1.85. The molecule has 0 aliphatic rings. The molecule has 1 heterocycles. The molecule has 0 aliphatic heterocycles. The Morgan fingerprint density at radius 3 is 2.64 bits per heavy atom. The number of aromatic nitrogens is 1. The number of halogens is 2. The Bertz CT molecular complexity index is 891. The lowest BCUT2D eigenvalue weighted by Crippen LogP contribution is -2.37. The average molecular weight is 426 g/mol. The van der Waals surface area contributed by atoms with Gasteiger partial charge >= 0.3 is 5.97 Å². The number of anilines is 1. The summed E-state index contributed by atoms with van der Waals surface area (Å²) in [5.41, 5.74) is 0.332. The minimum absolute atomic E-state index is 0.0490. The number of nitrogens with zero attached hydrogens (tertiary/aromatic N) is 2. The molecule has 148 valence electrons. The van der Waals surface area contributed by atoms with Crippen molar-refractivity contribution in [3.8, 4) is 5.75 Å². The SMILES string of the molecule is COc1cccc(NC(=O)CN(C)C(=O)COC(=O)c2nc(Cl)ccc2Cl)c1. The molecule has 10 heteroatoms. The fourth-order valence-electron chi connectivity index (χ4n) is 2.07. The van der Waals surface area contributed by atoms with E-state index in [4.69, 9.17) is 32.7 Å². The first-order chi connectivity index (χ1) is 13.3. The quantitative estimate of drug-likeness (QED) is 0.540. The predicted octanol–water partition coefficient (Wildman–Crippen LogP) is 2.65. The van der Waals surface area contributed by atoms with Crippen molar-refractivity contribution in [2.75, 3.05) is 32.6 Å². The number of hydrogen-bond donors (Lipinski definition) is 1. The van der Waals surface area contributed by atoms with E-state index in [2.05, 4.69) is 10.3 Å². The monoisotopic (exact) mass is 425 g/mol. The van der Waals surface area contributed by atoms with Crippen LogP contribution >= 0.6 is 23.2 Å². The first kappa shape index (κ1) is 21.5. The van der Waals surface area contributed by atoms with Crippen LogP contribution < -0.4 is 10.1 Å². The molecule has 0 spiro atoms. The Kier molecular flexibility index (Phi) is 7.60. The van der Waals surface area contributed by atoms with Crippen LogP contribution in [0.3, 0.4) is 0 Å². The summed E-state index contributed by atoms with van der Waals surface area (Å²) in [5.74, 6) is -1.31. The van der Waals surface area contributed by atoms with Crippen LogP contribution in [-0.4, -0.2) is 55.0 Å². The highest BCUT2D eigenvalue weighted by molar-refractivity contribution is 6.34. The van der Waals surface area contributed by atoms with Gasteiger partial charge in [0.1, 0.15) is 10.9 Å². The van der Waals surface area contributed by atoms with Crippen LogP contribution in [0.5, 0.6) is 5.75 Å². The molecule has 0 bridgehead atoms. The summed E-state index contributed by atoms with van der Waals surface area (Å²) in [4.78, 5) is 41.0. The Hall–Kier alpha value is -2.84. The highest BCUT2D eigenvalue weighted by Gasteiger charge is 2.19. The van der Waals surface area contributed by atoms with E-state index in [1.54, 1.807) is 24.3 Å². The van der Waals surface area contributed by atoms with Gasteiger partial charge in [0.2, 0.25) is 5.91 Å². The summed E-state index contributed by atoms with van der Waals surface area (Å²) < 4.78 is 9.97. The second kappa shape index (κ2) is 9.91. The van der Waals surface area contributed by atoms with Crippen molar-refractivity contribution in [1.29, 1.82) is 0 Å². The number of esters is 1. The summed E-state index contributed by atoms with van der Waals surface area (Å²) >= 11 is 11.6. The van der Waals surface area contributed by atoms with Crippen molar-refractivity contribution in [2.45, 2.75) is 0 Å². The van der Waals surface area contributed by atoms with Crippen LogP contribution in [0.1, 0.15) is 10.5 Å². The van der Waals surface area contributed by atoms with Gasteiger partial charge in [0.05, 0.1) is 18.7 Å². The Morgan fingerprint density at radius 2 is 1.93 bits per heavy atom. The Morgan fingerprint density at radius 1 is 1.18 bits per heavy atom. The van der Waals surface area contributed by atoms with Crippen LogP contribution in [0.25, 0.3) is 0 Å². The number of ether oxygens (including phenoxy) is 2. The summed E-state index contributed by atoms with van der Waals surface area (Å²) in [6.07, 6.45) is 0. The van der Waals surface area contributed by atoms with Crippen molar-refractivity contribution < 1.29 is 23.9 Å². The van der Waals surface area contributed by atoms with Crippen LogP contribution in [0.2, 0.25) is 10.2 Å². The van der Waals surface area contributed by atoms with Gasteiger partial charge in [0, 0.05) is 18.8 Å². The van der Waals surface area contributed by atoms with E-state index in [0.717, 1.165) is 4.90 Å². The number of benzene rings is 1. The molecule has 2 rings (SSSR count). The predicted molar refractivity (Wildman–Crippen MR) is 104 cm³/mol. The topological polar surface area (TPSA) is 97.8 Å². The van der Waals surface area contributed by atoms with Crippen molar-refractivity contribution in [1.82, 2.24) is 9.88 Å². The van der Waals surface area contributed by atoms with E-state index in [1.807, 2.05) is 0 Å². The van der Waals surface area contributed by atoms with Gasteiger partial charge in [-0.1, -0.05) is 29.3 Å². The Labute approximate surface area is 171 Å². The normalized spacial score (nSPS) is 10.1. The maximum absolute atomic E-state index is 12.1. The van der Waals surface area contributed by atoms with Crippen molar-refractivity contribution in [2.24, 2.45) is 0 Å². The smallest absolute Gasteiger partial charge is 0.359 e. The van der Waals surface area contributed by atoms with Gasteiger partial charge < -0.3 is 19.7 Å². The molecule has 0 saturated carbocycles. The third-order valence-corrected chi connectivity index (χ3v) is 4.01. The number of pyridine rings is 1. The second-order valence-corrected chi connectivity index (χ2v) is 6.36. The van der Waals surface area contributed by atoms with Crippen LogP contribution in [0.15, 0.2) is 36.4 Å². The van der Waals surface area contributed by atoms with Gasteiger partial charge in [0.25, 0.3) is 5.91 Å². The zero-order valence-electron chi connectivity index (χ0n) is 15.1. The van der Waals surface area contributed by atoms with Crippen LogP contribution in [0.4, 0.5) is 5.69 Å². The van der Waals surface area contributed by atoms with Gasteiger partial charge in [-0.2, -0.15) is 0 Å². The van der Waals surface area contributed by atoms with Gasteiger partial charge in [-0.05, 0) is 24.3 Å². The van der Waals surface area contributed by atoms with Crippen molar-refractivity contribution in [3.05, 3.63) is 52.3 Å². The molecular weight excluding hydrogens is 409 g/mol. The summed E-state index contributed by atoms with van der Waals surface area (Å²) in [5, 5.41) is 2.76. The third kappa shape index (κ3) is 6.11. The molecule has 0 unspecified atom stereocenters. The van der Waals surface area contributed by atoms with E-state index in [0.29, 0.717) is 11.4 Å². The molecule has 1 aromatic heterocycles. The number of carbonyl (C=O) groups excluding carboxylic acids is 3. The average Bonchev–Trinajstić information content (AvgIpc) is 2.67. The standard InChI is InChI=1S/C18H17Cl2N3O5/c1-23(9-15(24)21-11-4-3-5-12(8-11)27-2)16(25)10-28-18(26)17-13(19)6-7-14(20)22-17/h3-8H,9-10H2,1-2H3,(H,21,24). The van der Waals surface area contributed by atoms with E-state index in [-0.39, 0.29) is 22.4 Å². The minimum Gasteiger partial charge on any atom is -0.497 e. The number of methoxy groups -OCH3 is 1. The summed E-state index contributed by atoms with van der Waals surface area (Å²) in [6.45, 7) is -0.809. The van der Waals surface area contributed by atoms with E-state index < -0.39 is 24.4 Å². The molecule has 0 fully saturated rings. The minimum atomic E-state index is -0.893. The number of rotatable bonds is 7. The summed E-state index contributed by atoms with van der Waals surface area (Å²) in [7, 11) is 2.92. The molecule has 0 radical (unpaired) electrons. The van der Waals surface area contributed by atoms with Crippen molar-refractivity contribution >= 4 is 46.7 Å². The zero-order chi connectivity index (χ0) is 20.7. The number of nitrogens with one attached hydrogen (secondary N) is 1. The van der Waals surface area contributed by atoms with E-state index in [1.165, 1.54) is 26.3 Å². The van der Waals surface area contributed by atoms with Crippen LogP contribution in [-0.2, 0) is 14.3 Å². The zero-order valence-corrected chi connectivity index (χ0v) is 16.6. The van der Waals surface area contributed by atoms with Gasteiger partial charge in [-0.3, -0.25) is 9.59 Å². The van der Waals surface area contributed by atoms with Gasteiger partial charge in [-0.15, -0.1) is 0 Å². The molecule has 2 aromatic rings. The number of hydrogen-bond acceptors (Lipinski definition) is 6. The second-order valence-electron chi connectivity index (χ2n) is 5.57. The lowest BCUT2D eigenvalue weighted by molar-refractivity contribution is -0.136. The molecule has 2 amide bonds. The highest BCUT2D eigenvalue weighted by atomic mass is 35.5. The molecular formula is C18H17Cl2N3O5. The lowest BCUT2D eigenvalue weighted by Gasteiger charge is -2.17. The van der Waals surface area contributed by atoms with E-state index in [9.17, 15) is 14.4 Å². The number of carbonyl (C=O) groups is 3. The number of amides is 2. The first-order valence-electron chi connectivity index (χ1n) is 7.97. The van der Waals surface area contributed by atoms with Gasteiger partial charge in [-0.25, -0.2) is 9.78 Å². The fourth-order valence-corrected chi connectivity index (χ4v) is 2.40. The summed E-state index contributed by atoms with van der Waals surface area (Å²) in [6, 6.07) is 9.60.